The number of nitro benzene ring substituents is 1. The van der Waals surface area contributed by atoms with Crippen molar-refractivity contribution in [2.45, 2.75) is 13.2 Å². The van der Waals surface area contributed by atoms with Gasteiger partial charge in [0.1, 0.15) is 5.75 Å². The smallest absolute Gasteiger partial charge is 0.270 e. The number of pyridine rings is 1. The van der Waals surface area contributed by atoms with Crippen molar-refractivity contribution in [3.63, 3.8) is 0 Å². The van der Waals surface area contributed by atoms with Gasteiger partial charge in [-0.2, -0.15) is 0 Å². The minimum atomic E-state index is -0.483. The van der Waals surface area contributed by atoms with Gasteiger partial charge in [0.05, 0.1) is 11.5 Å². The lowest BCUT2D eigenvalue weighted by molar-refractivity contribution is -0.385. The predicted octanol–water partition coefficient (Wildman–Crippen LogP) is 1.79. The number of fused-ring (bicyclic) bond motifs is 1. The number of carbonyl (C=O) groups is 1. The number of nitro groups is 1. The summed E-state index contributed by atoms with van der Waals surface area (Å²) in [5.41, 5.74) is 1.54. The number of rotatable bonds is 4. The second kappa shape index (κ2) is 6.41. The molecule has 0 unspecified atom stereocenters. The van der Waals surface area contributed by atoms with Crippen LogP contribution in [0.3, 0.4) is 0 Å². The first kappa shape index (κ1) is 14.9. The average Bonchev–Trinajstić information content (AvgIpc) is 2.59. The van der Waals surface area contributed by atoms with E-state index < -0.39 is 4.92 Å². The molecule has 2 aromatic rings. The number of amides is 1. The molecule has 0 aliphatic carbocycles. The maximum atomic E-state index is 12.1. The molecule has 23 heavy (non-hydrogen) atoms. The van der Waals surface area contributed by atoms with Gasteiger partial charge < -0.3 is 14.8 Å². The largest absolute Gasteiger partial charge is 0.467 e. The molecule has 0 bridgehead atoms. The molecule has 0 spiro atoms. The van der Waals surface area contributed by atoms with Crippen molar-refractivity contribution >= 4 is 11.6 Å². The quantitative estimate of drug-likeness (QED) is 0.681. The summed E-state index contributed by atoms with van der Waals surface area (Å²) in [7, 11) is 0. The number of ether oxygens (including phenoxy) is 2. The highest BCUT2D eigenvalue weighted by Gasteiger charge is 2.21. The zero-order chi connectivity index (χ0) is 16.2. The molecule has 1 aliphatic heterocycles. The molecule has 1 aromatic heterocycles. The lowest BCUT2D eigenvalue weighted by Gasteiger charge is -2.20. The van der Waals surface area contributed by atoms with Crippen LogP contribution in [0.15, 0.2) is 36.7 Å². The van der Waals surface area contributed by atoms with Crippen LogP contribution in [0.25, 0.3) is 0 Å². The minimum absolute atomic E-state index is 0.0639. The summed E-state index contributed by atoms with van der Waals surface area (Å²) in [5.74, 6) is 0.233. The lowest BCUT2D eigenvalue weighted by Crippen LogP contribution is -2.24. The number of carbonyl (C=O) groups excluding carboxylic acids is 1. The Morgan fingerprint density at radius 1 is 1.35 bits per heavy atom. The maximum Gasteiger partial charge on any atom is 0.270 e. The van der Waals surface area contributed by atoms with Gasteiger partial charge in [0.25, 0.3) is 11.6 Å². The molecule has 0 fully saturated rings. The molecule has 0 saturated carbocycles. The highest BCUT2D eigenvalue weighted by molar-refractivity contribution is 5.93. The van der Waals surface area contributed by atoms with Crippen LogP contribution < -0.4 is 10.1 Å². The number of benzene rings is 1. The van der Waals surface area contributed by atoms with Gasteiger partial charge >= 0.3 is 0 Å². The van der Waals surface area contributed by atoms with Gasteiger partial charge in [0, 0.05) is 47.8 Å². The molecule has 8 nitrogen and oxygen atoms in total. The summed E-state index contributed by atoms with van der Waals surface area (Å²) in [6, 6.07) is 5.99. The highest BCUT2D eigenvalue weighted by atomic mass is 16.7. The Hall–Kier alpha value is -3.00. The van der Waals surface area contributed by atoms with E-state index in [1.165, 1.54) is 24.5 Å². The number of nitrogens with zero attached hydrogens (tertiary/aromatic N) is 2. The van der Waals surface area contributed by atoms with Crippen molar-refractivity contribution in [3.8, 4) is 5.75 Å². The molecule has 118 valence electrons. The average molecular weight is 315 g/mol. The number of non-ortho nitro benzene ring substituents is 1. The summed E-state index contributed by atoms with van der Waals surface area (Å²) in [6.07, 6.45) is 3.04. The van der Waals surface area contributed by atoms with Gasteiger partial charge in [0.2, 0.25) is 0 Å². The molecular formula is C15H13N3O5. The van der Waals surface area contributed by atoms with E-state index in [4.69, 9.17) is 9.47 Å². The molecule has 1 N–H and O–H groups in total. The molecule has 1 aliphatic rings. The molecule has 3 rings (SSSR count). The monoisotopic (exact) mass is 315 g/mol. The summed E-state index contributed by atoms with van der Waals surface area (Å²) >= 11 is 0. The molecule has 1 aromatic carbocycles. The number of hydrogen-bond acceptors (Lipinski definition) is 6. The standard InChI is InChI=1S/C15H13N3O5/c19-15(10-1-3-16-4-2-10)17-7-11-5-13(18(20)21)6-12-8-22-9-23-14(11)12/h1-6H,7-9H2,(H,17,19). The molecular weight excluding hydrogens is 302 g/mol. The zero-order valence-corrected chi connectivity index (χ0v) is 12.0. The molecule has 0 atom stereocenters. The first-order chi connectivity index (χ1) is 11.1. The van der Waals surface area contributed by atoms with Gasteiger partial charge in [0.15, 0.2) is 6.79 Å². The Balaban J connectivity index is 1.83. The van der Waals surface area contributed by atoms with Crippen LogP contribution >= 0.6 is 0 Å². The fraction of sp³-hybridized carbons (Fsp3) is 0.200. The van der Waals surface area contributed by atoms with Crippen LogP contribution in [0.1, 0.15) is 21.5 Å². The summed E-state index contributed by atoms with van der Waals surface area (Å²) in [4.78, 5) is 26.5. The summed E-state index contributed by atoms with van der Waals surface area (Å²) < 4.78 is 10.6. The molecule has 8 heteroatoms. The number of hydrogen-bond donors (Lipinski definition) is 1. The molecule has 1 amide bonds. The maximum absolute atomic E-state index is 12.1. The normalized spacial score (nSPS) is 12.9. The Labute approximate surface area is 131 Å². The Morgan fingerprint density at radius 2 is 2.13 bits per heavy atom. The van der Waals surface area contributed by atoms with Crippen LogP contribution in [0, 0.1) is 10.1 Å². The van der Waals surface area contributed by atoms with Gasteiger partial charge in [-0.15, -0.1) is 0 Å². The van der Waals surface area contributed by atoms with Crippen molar-refractivity contribution in [1.29, 1.82) is 0 Å². The van der Waals surface area contributed by atoms with E-state index >= 15 is 0 Å². The van der Waals surface area contributed by atoms with E-state index in [0.717, 1.165) is 0 Å². The van der Waals surface area contributed by atoms with E-state index in [9.17, 15) is 14.9 Å². The first-order valence-corrected chi connectivity index (χ1v) is 6.84. The fourth-order valence-corrected chi connectivity index (χ4v) is 2.30. The third kappa shape index (κ3) is 3.27. The third-order valence-electron chi connectivity index (χ3n) is 3.36. The summed E-state index contributed by atoms with van der Waals surface area (Å²) in [6.45, 7) is 0.434. The number of aromatic nitrogens is 1. The van der Waals surface area contributed by atoms with Gasteiger partial charge in [-0.05, 0) is 12.1 Å². The van der Waals surface area contributed by atoms with Crippen LogP contribution in [0.2, 0.25) is 0 Å². The third-order valence-corrected chi connectivity index (χ3v) is 3.36. The van der Waals surface area contributed by atoms with Gasteiger partial charge in [-0.1, -0.05) is 0 Å². The fourth-order valence-electron chi connectivity index (χ4n) is 2.30. The minimum Gasteiger partial charge on any atom is -0.467 e. The first-order valence-electron chi connectivity index (χ1n) is 6.84. The van der Waals surface area contributed by atoms with E-state index in [-0.39, 0.29) is 31.5 Å². The predicted molar refractivity (Wildman–Crippen MR) is 78.8 cm³/mol. The van der Waals surface area contributed by atoms with Crippen molar-refractivity contribution in [2.24, 2.45) is 0 Å². The van der Waals surface area contributed by atoms with Crippen molar-refractivity contribution in [3.05, 3.63) is 63.5 Å². The SMILES string of the molecule is O=C(NCc1cc([N+](=O)[O-])cc2c1OCOC2)c1ccncc1. The lowest BCUT2D eigenvalue weighted by atomic mass is 10.1. The topological polar surface area (TPSA) is 104 Å². The van der Waals surface area contributed by atoms with E-state index in [2.05, 4.69) is 10.3 Å². The Bertz CT molecular complexity index is 748. The van der Waals surface area contributed by atoms with Crippen LogP contribution in [0.4, 0.5) is 5.69 Å². The van der Waals surface area contributed by atoms with Crippen LogP contribution in [-0.4, -0.2) is 22.6 Å². The number of nitrogens with one attached hydrogen (secondary N) is 1. The molecule has 0 radical (unpaired) electrons. The van der Waals surface area contributed by atoms with Crippen molar-refractivity contribution in [2.75, 3.05) is 6.79 Å². The Kier molecular flexibility index (Phi) is 4.15. The summed E-state index contributed by atoms with van der Waals surface area (Å²) in [5, 5.41) is 13.7. The van der Waals surface area contributed by atoms with Gasteiger partial charge in [-0.25, -0.2) is 0 Å². The van der Waals surface area contributed by atoms with Gasteiger partial charge in [-0.3, -0.25) is 19.9 Å². The van der Waals surface area contributed by atoms with Crippen LogP contribution in [-0.2, 0) is 17.9 Å². The van der Waals surface area contributed by atoms with E-state index in [0.29, 0.717) is 22.4 Å². The second-order valence-corrected chi connectivity index (χ2v) is 4.88. The van der Waals surface area contributed by atoms with Crippen molar-refractivity contribution < 1.29 is 19.2 Å². The van der Waals surface area contributed by atoms with E-state index in [1.54, 1.807) is 12.1 Å². The Morgan fingerprint density at radius 3 is 2.87 bits per heavy atom. The second-order valence-electron chi connectivity index (χ2n) is 4.88. The van der Waals surface area contributed by atoms with Crippen molar-refractivity contribution in [1.82, 2.24) is 10.3 Å². The van der Waals surface area contributed by atoms with E-state index in [1.807, 2.05) is 0 Å². The van der Waals surface area contributed by atoms with Crippen LogP contribution in [0.5, 0.6) is 5.75 Å². The highest BCUT2D eigenvalue weighted by Crippen LogP contribution is 2.32. The molecule has 0 saturated heterocycles. The zero-order valence-electron chi connectivity index (χ0n) is 12.0. The molecule has 2 heterocycles.